The van der Waals surface area contributed by atoms with Crippen LogP contribution in [0.2, 0.25) is 0 Å². The second-order valence-electron chi connectivity index (χ2n) is 7.14. The van der Waals surface area contributed by atoms with E-state index in [2.05, 4.69) is 19.8 Å². The monoisotopic (exact) mass is 438 g/mol. The molecule has 2 aromatic carbocycles. The zero-order chi connectivity index (χ0) is 21.8. The number of nitrogens with zero attached hydrogens (tertiary/aromatic N) is 3. The first kappa shape index (κ1) is 21.0. The summed E-state index contributed by atoms with van der Waals surface area (Å²) in [5.41, 5.74) is 2.42. The SMILES string of the molecule is CC(=O)c1ccc(S(=O)(=O)Nc2ccc(-c3ccc(N4CCOCC4)nn3)cc2)cc1. The van der Waals surface area contributed by atoms with E-state index in [9.17, 15) is 13.2 Å². The summed E-state index contributed by atoms with van der Waals surface area (Å²) in [6.45, 7) is 4.38. The van der Waals surface area contributed by atoms with Crippen LogP contribution in [0.3, 0.4) is 0 Å². The highest BCUT2D eigenvalue weighted by Crippen LogP contribution is 2.23. The molecule has 1 aromatic heterocycles. The third-order valence-corrected chi connectivity index (χ3v) is 6.39. The molecule has 0 spiro atoms. The van der Waals surface area contributed by atoms with Crippen LogP contribution < -0.4 is 9.62 Å². The van der Waals surface area contributed by atoms with Crippen molar-refractivity contribution in [1.29, 1.82) is 0 Å². The van der Waals surface area contributed by atoms with Crippen LogP contribution in [0.15, 0.2) is 65.6 Å². The van der Waals surface area contributed by atoms with Crippen molar-refractivity contribution in [3.63, 3.8) is 0 Å². The number of hydrogen-bond acceptors (Lipinski definition) is 7. The molecule has 8 nitrogen and oxygen atoms in total. The quantitative estimate of drug-likeness (QED) is 0.590. The largest absolute Gasteiger partial charge is 0.378 e. The molecule has 160 valence electrons. The van der Waals surface area contributed by atoms with Crippen molar-refractivity contribution in [2.45, 2.75) is 11.8 Å². The summed E-state index contributed by atoms with van der Waals surface area (Å²) < 4.78 is 33.1. The maximum Gasteiger partial charge on any atom is 0.261 e. The number of Topliss-reactive ketones (excluding diaryl/α,β-unsaturated/α-hetero) is 1. The zero-order valence-corrected chi connectivity index (χ0v) is 17.8. The molecule has 1 aliphatic rings. The molecule has 0 aliphatic carbocycles. The van der Waals surface area contributed by atoms with Gasteiger partial charge in [-0.2, -0.15) is 0 Å². The first-order valence-electron chi connectivity index (χ1n) is 9.83. The van der Waals surface area contributed by atoms with Gasteiger partial charge in [-0.15, -0.1) is 10.2 Å². The third-order valence-electron chi connectivity index (χ3n) is 4.99. The van der Waals surface area contributed by atoms with Crippen LogP contribution in [0.4, 0.5) is 11.5 Å². The van der Waals surface area contributed by atoms with Crippen LogP contribution >= 0.6 is 0 Å². The number of nitrogens with one attached hydrogen (secondary N) is 1. The fraction of sp³-hybridized carbons (Fsp3) is 0.227. The Morgan fingerprint density at radius 2 is 1.61 bits per heavy atom. The smallest absolute Gasteiger partial charge is 0.261 e. The number of anilines is 2. The number of benzene rings is 2. The number of ketones is 1. The number of ether oxygens (including phenoxy) is 1. The minimum absolute atomic E-state index is 0.0890. The van der Waals surface area contributed by atoms with Crippen LogP contribution in [0.25, 0.3) is 11.3 Å². The maximum atomic E-state index is 12.6. The molecule has 0 amide bonds. The van der Waals surface area contributed by atoms with Gasteiger partial charge >= 0.3 is 0 Å². The lowest BCUT2D eigenvalue weighted by atomic mass is 10.1. The van der Waals surface area contributed by atoms with Crippen LogP contribution in [0, 0.1) is 0 Å². The topological polar surface area (TPSA) is 101 Å². The average Bonchev–Trinajstić information content (AvgIpc) is 2.80. The number of morpholine rings is 1. The summed E-state index contributed by atoms with van der Waals surface area (Å²) >= 11 is 0. The van der Waals surface area contributed by atoms with Crippen molar-refractivity contribution in [2.24, 2.45) is 0 Å². The van der Waals surface area contributed by atoms with Gasteiger partial charge in [-0.3, -0.25) is 9.52 Å². The molecule has 0 bridgehead atoms. The van der Waals surface area contributed by atoms with E-state index in [-0.39, 0.29) is 10.7 Å². The fourth-order valence-corrected chi connectivity index (χ4v) is 4.29. The van der Waals surface area contributed by atoms with E-state index in [1.54, 1.807) is 24.3 Å². The van der Waals surface area contributed by atoms with E-state index in [1.807, 2.05) is 12.1 Å². The third kappa shape index (κ3) is 4.89. The molecular formula is C22H22N4O4S. The molecule has 1 fully saturated rings. The summed E-state index contributed by atoms with van der Waals surface area (Å²) in [6, 6.07) is 16.6. The second-order valence-corrected chi connectivity index (χ2v) is 8.82. The number of aromatic nitrogens is 2. The number of carbonyl (C=O) groups excluding carboxylic acids is 1. The van der Waals surface area contributed by atoms with Crippen molar-refractivity contribution >= 4 is 27.3 Å². The van der Waals surface area contributed by atoms with E-state index >= 15 is 0 Å². The summed E-state index contributed by atoms with van der Waals surface area (Å²) in [7, 11) is -3.76. The fourth-order valence-electron chi connectivity index (χ4n) is 3.23. The first-order chi connectivity index (χ1) is 14.9. The molecule has 1 aliphatic heterocycles. The van der Waals surface area contributed by atoms with E-state index in [4.69, 9.17) is 4.74 Å². The molecule has 0 radical (unpaired) electrons. The molecule has 9 heteroatoms. The molecule has 2 heterocycles. The summed E-state index contributed by atoms with van der Waals surface area (Å²) in [5, 5.41) is 8.60. The molecule has 0 saturated carbocycles. The van der Waals surface area contributed by atoms with Gasteiger partial charge in [0.2, 0.25) is 0 Å². The van der Waals surface area contributed by atoms with Gasteiger partial charge in [0.1, 0.15) is 0 Å². The molecule has 0 unspecified atom stereocenters. The highest BCUT2D eigenvalue weighted by Gasteiger charge is 2.15. The minimum atomic E-state index is -3.76. The van der Waals surface area contributed by atoms with Gasteiger partial charge in [0.25, 0.3) is 10.0 Å². The van der Waals surface area contributed by atoms with Crippen molar-refractivity contribution in [3.05, 3.63) is 66.2 Å². The van der Waals surface area contributed by atoms with Gasteiger partial charge in [0.15, 0.2) is 11.6 Å². The van der Waals surface area contributed by atoms with E-state index < -0.39 is 10.0 Å². The van der Waals surface area contributed by atoms with Crippen LogP contribution in [0.1, 0.15) is 17.3 Å². The minimum Gasteiger partial charge on any atom is -0.378 e. The molecule has 0 atom stereocenters. The summed E-state index contributed by atoms with van der Waals surface area (Å²) in [6.07, 6.45) is 0. The van der Waals surface area contributed by atoms with E-state index in [0.29, 0.717) is 30.2 Å². The average molecular weight is 439 g/mol. The lowest BCUT2D eigenvalue weighted by Crippen LogP contribution is -2.36. The highest BCUT2D eigenvalue weighted by atomic mass is 32.2. The first-order valence-corrected chi connectivity index (χ1v) is 11.3. The van der Waals surface area contributed by atoms with Gasteiger partial charge in [-0.05, 0) is 43.3 Å². The van der Waals surface area contributed by atoms with E-state index in [1.165, 1.54) is 31.2 Å². The lowest BCUT2D eigenvalue weighted by molar-refractivity contribution is 0.101. The van der Waals surface area contributed by atoms with Crippen molar-refractivity contribution in [2.75, 3.05) is 35.9 Å². The Morgan fingerprint density at radius 3 is 2.19 bits per heavy atom. The van der Waals surface area contributed by atoms with Crippen LogP contribution in [-0.4, -0.2) is 50.7 Å². The van der Waals surface area contributed by atoms with E-state index in [0.717, 1.165) is 24.5 Å². The Hall–Kier alpha value is -3.30. The Bertz CT molecular complexity index is 1160. The molecular weight excluding hydrogens is 416 g/mol. The predicted molar refractivity (Wildman–Crippen MR) is 118 cm³/mol. The Morgan fingerprint density at radius 1 is 0.935 bits per heavy atom. The number of carbonyl (C=O) groups is 1. The van der Waals surface area contributed by atoms with Gasteiger partial charge in [0, 0.05) is 29.9 Å². The van der Waals surface area contributed by atoms with Gasteiger partial charge in [-0.25, -0.2) is 8.42 Å². The maximum absolute atomic E-state index is 12.6. The Labute approximate surface area is 180 Å². The van der Waals surface area contributed by atoms with Gasteiger partial charge in [0.05, 0.1) is 23.8 Å². The van der Waals surface area contributed by atoms with Crippen LogP contribution in [-0.2, 0) is 14.8 Å². The molecule has 3 aromatic rings. The molecule has 1 saturated heterocycles. The van der Waals surface area contributed by atoms with Gasteiger partial charge < -0.3 is 9.64 Å². The zero-order valence-electron chi connectivity index (χ0n) is 17.0. The Kier molecular flexibility index (Phi) is 5.97. The number of rotatable bonds is 6. The normalized spacial score (nSPS) is 14.3. The molecule has 1 N–H and O–H groups in total. The number of sulfonamides is 1. The second kappa shape index (κ2) is 8.83. The predicted octanol–water partition coefficient (Wildman–Crippen LogP) is 2.98. The van der Waals surface area contributed by atoms with Crippen LogP contribution in [0.5, 0.6) is 0 Å². The molecule has 31 heavy (non-hydrogen) atoms. The van der Waals surface area contributed by atoms with Crippen molar-refractivity contribution in [1.82, 2.24) is 10.2 Å². The van der Waals surface area contributed by atoms with Gasteiger partial charge in [-0.1, -0.05) is 24.3 Å². The Balaban J connectivity index is 1.45. The van der Waals surface area contributed by atoms with Crippen molar-refractivity contribution in [3.8, 4) is 11.3 Å². The highest BCUT2D eigenvalue weighted by molar-refractivity contribution is 7.92. The lowest BCUT2D eigenvalue weighted by Gasteiger charge is -2.27. The molecule has 4 rings (SSSR count). The van der Waals surface area contributed by atoms with Crippen molar-refractivity contribution < 1.29 is 17.9 Å². The standard InChI is InChI=1S/C22H22N4O4S/c1-16(27)17-4-8-20(9-5-17)31(28,29)25-19-6-2-18(3-7-19)21-10-11-22(24-23-21)26-12-14-30-15-13-26/h2-11,25H,12-15H2,1H3. The summed E-state index contributed by atoms with van der Waals surface area (Å²) in [5.74, 6) is 0.695. The summed E-state index contributed by atoms with van der Waals surface area (Å²) in [4.78, 5) is 13.6. The number of hydrogen-bond donors (Lipinski definition) is 1.